The van der Waals surface area contributed by atoms with Crippen molar-refractivity contribution in [2.24, 2.45) is 11.8 Å². The van der Waals surface area contributed by atoms with E-state index in [1.54, 1.807) is 25.6 Å². The van der Waals surface area contributed by atoms with Crippen LogP contribution in [0.3, 0.4) is 0 Å². The summed E-state index contributed by atoms with van der Waals surface area (Å²) in [4.78, 5) is 28.3. The minimum Gasteiger partial charge on any atom is -0.477 e. The number of thioether (sulfide) groups is 1. The van der Waals surface area contributed by atoms with Crippen molar-refractivity contribution in [1.82, 2.24) is 9.80 Å². The number of aliphatic hydroxyl groups is 1. The molecule has 0 unspecified atom stereocenters. The van der Waals surface area contributed by atoms with E-state index in [2.05, 4.69) is 0 Å². The van der Waals surface area contributed by atoms with Gasteiger partial charge in [0.25, 0.3) is 0 Å². The Balaban J connectivity index is 1.77. The normalized spacial score (nSPS) is 31.0. The number of carboxylic acid groups (broad SMARTS) is 1. The van der Waals surface area contributed by atoms with E-state index in [1.165, 1.54) is 4.90 Å². The highest BCUT2D eigenvalue weighted by molar-refractivity contribution is 8.03. The minimum absolute atomic E-state index is 0.0732. The summed E-state index contributed by atoms with van der Waals surface area (Å²) in [5.74, 6) is -1.37. The number of carbonyl (C=O) groups is 2. The lowest BCUT2D eigenvalue weighted by Gasteiger charge is -2.46. The van der Waals surface area contributed by atoms with Gasteiger partial charge in [-0.25, -0.2) is 4.79 Å². The van der Waals surface area contributed by atoms with Crippen LogP contribution >= 0.6 is 11.8 Å². The summed E-state index contributed by atoms with van der Waals surface area (Å²) in [6.45, 7) is 6.94. The van der Waals surface area contributed by atoms with E-state index in [1.807, 2.05) is 11.8 Å². The number of nitrogens with one attached hydrogen (secondary N) is 1. The standard InChI is InChI=1S/C17H25N3O4S/c1-8-13-12(9(2)21)16(22)20(13)14(17(23)24)15(8)25-11-4-6-19(7-5-11)10(3)18/h8-9,11-13,18,21H,4-7H2,1-3H3,(H,23,24)/t8-,9-,12-,13-/m1/s1. The van der Waals surface area contributed by atoms with Gasteiger partial charge in [0, 0.05) is 29.2 Å². The molecule has 2 fully saturated rings. The molecule has 3 aliphatic rings. The maximum absolute atomic E-state index is 12.3. The number of amides is 1. The fourth-order valence-electron chi connectivity index (χ4n) is 4.17. The topological polar surface area (TPSA) is 105 Å². The lowest BCUT2D eigenvalue weighted by Crippen LogP contribution is -2.63. The molecule has 0 spiro atoms. The summed E-state index contributed by atoms with van der Waals surface area (Å²) < 4.78 is 0. The number of fused-ring (bicyclic) bond motifs is 1. The summed E-state index contributed by atoms with van der Waals surface area (Å²) >= 11 is 1.58. The predicted molar refractivity (Wildman–Crippen MR) is 95.2 cm³/mol. The number of piperidine rings is 1. The summed E-state index contributed by atoms with van der Waals surface area (Å²) in [7, 11) is 0. The van der Waals surface area contributed by atoms with Gasteiger partial charge < -0.3 is 20.0 Å². The number of hydrogen-bond donors (Lipinski definition) is 3. The van der Waals surface area contributed by atoms with Crippen LogP contribution in [0.25, 0.3) is 0 Å². The van der Waals surface area contributed by atoms with E-state index in [4.69, 9.17) is 5.41 Å². The van der Waals surface area contributed by atoms with Gasteiger partial charge in [0.05, 0.1) is 23.9 Å². The first-order valence-electron chi connectivity index (χ1n) is 8.69. The molecule has 25 heavy (non-hydrogen) atoms. The molecule has 1 amide bonds. The molecular formula is C17H25N3O4S. The van der Waals surface area contributed by atoms with E-state index in [9.17, 15) is 19.8 Å². The van der Waals surface area contributed by atoms with Crippen molar-refractivity contribution in [3.05, 3.63) is 10.6 Å². The zero-order valence-corrected chi connectivity index (χ0v) is 15.5. The van der Waals surface area contributed by atoms with E-state index >= 15 is 0 Å². The number of rotatable bonds is 4. The average molecular weight is 367 g/mol. The second-order valence-electron chi connectivity index (χ2n) is 7.16. The molecule has 3 heterocycles. The molecule has 0 aromatic rings. The Morgan fingerprint density at radius 3 is 2.44 bits per heavy atom. The van der Waals surface area contributed by atoms with Crippen LogP contribution in [0.5, 0.6) is 0 Å². The summed E-state index contributed by atoms with van der Waals surface area (Å²) in [6.07, 6.45) is 1.01. The molecule has 3 N–H and O–H groups in total. The van der Waals surface area contributed by atoms with Crippen LogP contribution in [-0.4, -0.2) is 68.2 Å². The monoisotopic (exact) mass is 367 g/mol. The first kappa shape index (κ1) is 18.3. The molecular weight excluding hydrogens is 342 g/mol. The van der Waals surface area contributed by atoms with Crippen LogP contribution in [-0.2, 0) is 9.59 Å². The minimum atomic E-state index is -1.07. The third kappa shape index (κ3) is 2.95. The van der Waals surface area contributed by atoms with Crippen molar-refractivity contribution in [3.63, 3.8) is 0 Å². The van der Waals surface area contributed by atoms with Crippen LogP contribution in [0, 0.1) is 17.2 Å². The number of hydrogen-bond acceptors (Lipinski definition) is 5. The van der Waals surface area contributed by atoms with E-state index in [-0.39, 0.29) is 23.6 Å². The summed E-state index contributed by atoms with van der Waals surface area (Å²) in [6, 6.07) is -0.245. The van der Waals surface area contributed by atoms with Crippen molar-refractivity contribution < 1.29 is 19.8 Å². The molecule has 0 aliphatic carbocycles. The Bertz CT molecular complexity index is 640. The predicted octanol–water partition coefficient (Wildman–Crippen LogP) is 1.33. The van der Waals surface area contributed by atoms with Crippen LogP contribution in [0.1, 0.15) is 33.6 Å². The smallest absolute Gasteiger partial charge is 0.353 e. The van der Waals surface area contributed by atoms with Gasteiger partial charge in [-0.05, 0) is 26.7 Å². The highest BCUT2D eigenvalue weighted by Gasteiger charge is 2.60. The lowest BCUT2D eigenvalue weighted by atomic mass is 9.79. The zero-order valence-electron chi connectivity index (χ0n) is 14.7. The van der Waals surface area contributed by atoms with E-state index in [0.29, 0.717) is 11.1 Å². The van der Waals surface area contributed by atoms with Gasteiger partial charge in [-0.2, -0.15) is 0 Å². The van der Waals surface area contributed by atoms with Crippen LogP contribution < -0.4 is 0 Å². The fraction of sp³-hybridized carbons (Fsp3) is 0.706. The van der Waals surface area contributed by atoms with Gasteiger partial charge in [-0.1, -0.05) is 6.92 Å². The molecule has 138 valence electrons. The quantitative estimate of drug-likeness (QED) is 0.393. The van der Waals surface area contributed by atoms with Crippen molar-refractivity contribution in [2.45, 2.75) is 51.0 Å². The molecule has 7 nitrogen and oxygen atoms in total. The molecule has 0 aromatic heterocycles. The summed E-state index contributed by atoms with van der Waals surface area (Å²) in [5.41, 5.74) is 0.107. The van der Waals surface area contributed by atoms with E-state index < -0.39 is 18.0 Å². The molecule has 8 heteroatoms. The number of aliphatic carboxylic acids is 1. The largest absolute Gasteiger partial charge is 0.477 e. The van der Waals surface area contributed by atoms with Gasteiger partial charge in [-0.3, -0.25) is 10.2 Å². The Hall–Kier alpha value is -1.54. The molecule has 0 saturated carbocycles. The van der Waals surface area contributed by atoms with Gasteiger partial charge in [0.15, 0.2) is 0 Å². The maximum Gasteiger partial charge on any atom is 0.353 e. The fourth-order valence-corrected chi connectivity index (χ4v) is 5.62. The molecule has 3 rings (SSSR count). The SMILES string of the molecule is CC(=N)N1CCC(SC2=C(C(=O)O)N3C(=O)[C@H]([C@@H](C)O)[C@H]3[C@H]2C)CC1. The average Bonchev–Trinajstić information content (AvgIpc) is 2.77. The number of likely N-dealkylation sites (tertiary alicyclic amines) is 1. The number of carbonyl (C=O) groups excluding carboxylic acids is 1. The van der Waals surface area contributed by atoms with E-state index in [0.717, 1.165) is 30.8 Å². The molecule has 0 bridgehead atoms. The Morgan fingerprint density at radius 2 is 1.96 bits per heavy atom. The summed E-state index contributed by atoms with van der Waals surface area (Å²) in [5, 5.41) is 27.5. The molecule has 0 radical (unpaired) electrons. The Labute approximate surface area is 151 Å². The Morgan fingerprint density at radius 1 is 1.36 bits per heavy atom. The third-order valence-electron chi connectivity index (χ3n) is 5.52. The second-order valence-corrected chi connectivity index (χ2v) is 8.50. The first-order chi connectivity index (χ1) is 11.7. The van der Waals surface area contributed by atoms with Crippen molar-refractivity contribution in [3.8, 4) is 0 Å². The Kier molecular flexibility index (Phi) is 4.85. The molecule has 4 atom stereocenters. The van der Waals surface area contributed by atoms with Gasteiger partial charge >= 0.3 is 5.97 Å². The van der Waals surface area contributed by atoms with Gasteiger partial charge in [0.2, 0.25) is 5.91 Å². The molecule has 2 saturated heterocycles. The van der Waals surface area contributed by atoms with Crippen molar-refractivity contribution >= 4 is 29.5 Å². The van der Waals surface area contributed by atoms with Gasteiger partial charge in [0.1, 0.15) is 5.70 Å². The number of amidine groups is 1. The third-order valence-corrected chi connectivity index (χ3v) is 7.14. The highest BCUT2D eigenvalue weighted by atomic mass is 32.2. The zero-order chi connectivity index (χ0) is 18.5. The van der Waals surface area contributed by atoms with Crippen LogP contribution in [0.4, 0.5) is 0 Å². The second kappa shape index (κ2) is 6.64. The highest BCUT2D eigenvalue weighted by Crippen LogP contribution is 2.51. The van der Waals surface area contributed by atoms with Crippen LogP contribution in [0.15, 0.2) is 10.6 Å². The number of carboxylic acids is 1. The van der Waals surface area contributed by atoms with Crippen molar-refractivity contribution in [2.75, 3.05) is 13.1 Å². The lowest BCUT2D eigenvalue weighted by molar-refractivity contribution is -0.163. The van der Waals surface area contributed by atoms with Crippen molar-refractivity contribution in [1.29, 1.82) is 5.41 Å². The van der Waals surface area contributed by atoms with Gasteiger partial charge in [-0.15, -0.1) is 11.8 Å². The van der Waals surface area contributed by atoms with Crippen LogP contribution in [0.2, 0.25) is 0 Å². The molecule has 0 aromatic carbocycles. The number of β-lactam (4-membered cyclic amide) rings is 1. The number of nitrogens with zero attached hydrogens (tertiary/aromatic N) is 2. The molecule has 3 aliphatic heterocycles. The number of aliphatic hydroxyl groups excluding tert-OH is 1. The first-order valence-corrected chi connectivity index (χ1v) is 9.57. The maximum atomic E-state index is 12.3.